The molecule has 2 rings (SSSR count). The Hall–Kier alpha value is -1.88. The number of aromatic nitrogens is 1. The Bertz CT molecular complexity index is 514. The third-order valence-electron chi connectivity index (χ3n) is 1.95. The highest BCUT2D eigenvalue weighted by molar-refractivity contribution is 6.30. The minimum absolute atomic E-state index is 0.0138. The second-order valence-electron chi connectivity index (χ2n) is 3.22. The summed E-state index contributed by atoms with van der Waals surface area (Å²) in [5, 5.41) is 0.342. The fourth-order valence-electron chi connectivity index (χ4n) is 1.19. The number of halogens is 3. The summed E-state index contributed by atoms with van der Waals surface area (Å²) in [4.78, 5) is 3.80. The molecule has 0 aliphatic heterocycles. The van der Waals surface area contributed by atoms with Crippen LogP contribution in [0.4, 0.5) is 14.5 Å². The molecule has 2 N–H and O–H groups in total. The van der Waals surface area contributed by atoms with Gasteiger partial charge in [0.2, 0.25) is 5.88 Å². The quantitative estimate of drug-likeness (QED) is 0.896. The molecule has 0 aliphatic carbocycles. The van der Waals surface area contributed by atoms with Gasteiger partial charge in [0.25, 0.3) is 0 Å². The number of nitrogens with zero attached hydrogens (tertiary/aromatic N) is 1. The monoisotopic (exact) mass is 256 g/mol. The Morgan fingerprint density at radius 1 is 1.24 bits per heavy atom. The van der Waals surface area contributed by atoms with Crippen molar-refractivity contribution >= 4 is 17.3 Å². The van der Waals surface area contributed by atoms with Crippen LogP contribution in [0, 0.1) is 11.6 Å². The maximum Gasteiger partial charge on any atom is 0.242 e. The van der Waals surface area contributed by atoms with Crippen molar-refractivity contribution < 1.29 is 13.5 Å². The molecule has 0 amide bonds. The van der Waals surface area contributed by atoms with Crippen LogP contribution >= 0.6 is 11.6 Å². The molecular weight excluding hydrogens is 250 g/mol. The largest absolute Gasteiger partial charge is 0.434 e. The molecule has 1 heterocycles. The fourth-order valence-corrected chi connectivity index (χ4v) is 1.36. The minimum Gasteiger partial charge on any atom is -0.434 e. The first-order valence-electron chi connectivity index (χ1n) is 4.60. The number of ether oxygens (including phenoxy) is 1. The molecule has 1 aromatic heterocycles. The van der Waals surface area contributed by atoms with Gasteiger partial charge >= 0.3 is 0 Å². The summed E-state index contributed by atoms with van der Waals surface area (Å²) in [7, 11) is 0. The molecule has 17 heavy (non-hydrogen) atoms. The number of anilines is 1. The van der Waals surface area contributed by atoms with Crippen LogP contribution < -0.4 is 10.5 Å². The lowest BCUT2D eigenvalue weighted by Crippen LogP contribution is -1.96. The number of hydrogen-bond donors (Lipinski definition) is 1. The van der Waals surface area contributed by atoms with E-state index in [0.29, 0.717) is 11.1 Å². The van der Waals surface area contributed by atoms with Crippen LogP contribution in [0.1, 0.15) is 0 Å². The Morgan fingerprint density at radius 3 is 2.65 bits per heavy atom. The van der Waals surface area contributed by atoms with Crippen molar-refractivity contribution in [1.29, 1.82) is 0 Å². The van der Waals surface area contributed by atoms with Crippen molar-refractivity contribution in [2.45, 2.75) is 0 Å². The zero-order chi connectivity index (χ0) is 12.4. The van der Waals surface area contributed by atoms with Crippen molar-refractivity contribution in [2.75, 3.05) is 5.73 Å². The summed E-state index contributed by atoms with van der Waals surface area (Å²) in [5.41, 5.74) is 5.75. The molecule has 0 saturated carbocycles. The Labute approximate surface area is 101 Å². The van der Waals surface area contributed by atoms with E-state index in [1.807, 2.05) is 0 Å². The summed E-state index contributed by atoms with van der Waals surface area (Å²) in [6, 6.07) is 4.36. The van der Waals surface area contributed by atoms with Gasteiger partial charge in [-0.25, -0.2) is 13.8 Å². The minimum atomic E-state index is -0.832. The van der Waals surface area contributed by atoms with Crippen molar-refractivity contribution in [3.05, 3.63) is 47.1 Å². The van der Waals surface area contributed by atoms with Crippen LogP contribution in [-0.4, -0.2) is 4.98 Å². The highest BCUT2D eigenvalue weighted by atomic mass is 35.5. The van der Waals surface area contributed by atoms with Crippen molar-refractivity contribution in [2.24, 2.45) is 0 Å². The molecular formula is C11H7ClF2N2O. The molecule has 0 unspecified atom stereocenters. The lowest BCUT2D eigenvalue weighted by atomic mass is 10.3. The van der Waals surface area contributed by atoms with Crippen LogP contribution in [0.2, 0.25) is 5.02 Å². The van der Waals surface area contributed by atoms with Crippen molar-refractivity contribution in [3.63, 3.8) is 0 Å². The van der Waals surface area contributed by atoms with E-state index in [4.69, 9.17) is 22.1 Å². The van der Waals surface area contributed by atoms with E-state index < -0.39 is 11.6 Å². The third kappa shape index (κ3) is 2.62. The number of nitrogen functional groups attached to an aromatic ring is 1. The lowest BCUT2D eigenvalue weighted by molar-refractivity contribution is 0.426. The molecule has 3 nitrogen and oxygen atoms in total. The fraction of sp³-hybridized carbons (Fsp3) is 0. The zero-order valence-electron chi connectivity index (χ0n) is 8.45. The van der Waals surface area contributed by atoms with Gasteiger partial charge in [0.1, 0.15) is 5.82 Å². The standard InChI is InChI=1S/C11H7ClF2N2O/c12-6-3-9(15)11(16-5-6)17-10-2-1-7(13)4-8(10)14/h1-5H,15H2. The number of pyridine rings is 1. The van der Waals surface area contributed by atoms with Gasteiger partial charge < -0.3 is 10.5 Å². The Balaban J connectivity index is 2.31. The SMILES string of the molecule is Nc1cc(Cl)cnc1Oc1ccc(F)cc1F. The highest BCUT2D eigenvalue weighted by Crippen LogP contribution is 2.28. The maximum absolute atomic E-state index is 13.3. The predicted octanol–water partition coefficient (Wildman–Crippen LogP) is 3.39. The molecule has 0 aliphatic rings. The van der Waals surface area contributed by atoms with Gasteiger partial charge in [-0.05, 0) is 18.2 Å². The molecule has 88 valence electrons. The number of benzene rings is 1. The second kappa shape index (κ2) is 4.55. The summed E-state index contributed by atoms with van der Waals surface area (Å²) >= 11 is 5.65. The molecule has 0 atom stereocenters. The van der Waals surface area contributed by atoms with Gasteiger partial charge in [-0.3, -0.25) is 0 Å². The molecule has 2 aromatic rings. The smallest absolute Gasteiger partial charge is 0.242 e. The van der Waals surface area contributed by atoms with Gasteiger partial charge in [-0.1, -0.05) is 11.6 Å². The first-order chi connectivity index (χ1) is 8.06. The average molecular weight is 257 g/mol. The molecule has 0 fully saturated rings. The van der Waals surface area contributed by atoms with Crippen LogP contribution in [0.5, 0.6) is 11.6 Å². The van der Waals surface area contributed by atoms with Gasteiger partial charge in [-0.2, -0.15) is 0 Å². The molecule has 6 heteroatoms. The molecule has 0 saturated heterocycles. The maximum atomic E-state index is 13.3. The van der Waals surface area contributed by atoms with Gasteiger partial charge in [0.05, 0.1) is 10.7 Å². The molecule has 0 spiro atoms. The van der Waals surface area contributed by atoms with E-state index in [9.17, 15) is 8.78 Å². The Kier molecular flexibility index (Phi) is 3.10. The third-order valence-corrected chi connectivity index (χ3v) is 2.15. The Morgan fingerprint density at radius 2 is 2.00 bits per heavy atom. The van der Waals surface area contributed by atoms with E-state index in [2.05, 4.69) is 4.98 Å². The summed E-state index contributed by atoms with van der Waals surface area (Å²) in [5.74, 6) is -1.67. The lowest BCUT2D eigenvalue weighted by Gasteiger charge is -2.07. The van der Waals surface area contributed by atoms with Crippen molar-refractivity contribution in [3.8, 4) is 11.6 Å². The van der Waals surface area contributed by atoms with Crippen molar-refractivity contribution in [1.82, 2.24) is 4.98 Å². The molecule has 0 radical (unpaired) electrons. The van der Waals surface area contributed by atoms with E-state index in [1.54, 1.807) is 0 Å². The summed E-state index contributed by atoms with van der Waals surface area (Å²) < 4.78 is 31.1. The van der Waals surface area contributed by atoms with E-state index in [-0.39, 0.29) is 17.3 Å². The highest BCUT2D eigenvalue weighted by Gasteiger charge is 2.09. The summed E-state index contributed by atoms with van der Waals surface area (Å²) in [6.07, 6.45) is 1.31. The molecule has 1 aromatic carbocycles. The van der Waals surface area contributed by atoms with Crippen LogP contribution in [0.25, 0.3) is 0 Å². The average Bonchev–Trinajstić information content (AvgIpc) is 2.25. The van der Waals surface area contributed by atoms with Gasteiger partial charge in [0.15, 0.2) is 11.6 Å². The number of rotatable bonds is 2. The van der Waals surface area contributed by atoms with Gasteiger partial charge in [0, 0.05) is 12.3 Å². The zero-order valence-corrected chi connectivity index (χ0v) is 9.21. The normalized spacial score (nSPS) is 10.3. The number of hydrogen-bond acceptors (Lipinski definition) is 3. The van der Waals surface area contributed by atoms with E-state index in [1.165, 1.54) is 12.3 Å². The van der Waals surface area contributed by atoms with Crippen LogP contribution in [0.3, 0.4) is 0 Å². The van der Waals surface area contributed by atoms with Crippen LogP contribution in [0.15, 0.2) is 30.5 Å². The first-order valence-corrected chi connectivity index (χ1v) is 4.98. The second-order valence-corrected chi connectivity index (χ2v) is 3.66. The molecule has 0 bridgehead atoms. The summed E-state index contributed by atoms with van der Waals surface area (Å²) in [6.45, 7) is 0. The van der Waals surface area contributed by atoms with E-state index in [0.717, 1.165) is 12.1 Å². The van der Waals surface area contributed by atoms with Crippen LogP contribution in [-0.2, 0) is 0 Å². The first kappa shape index (κ1) is 11.6. The topological polar surface area (TPSA) is 48.1 Å². The van der Waals surface area contributed by atoms with E-state index >= 15 is 0 Å². The predicted molar refractivity (Wildman–Crippen MR) is 60.1 cm³/mol. The number of nitrogens with two attached hydrogens (primary N) is 1. The van der Waals surface area contributed by atoms with Gasteiger partial charge in [-0.15, -0.1) is 0 Å².